The summed E-state index contributed by atoms with van der Waals surface area (Å²) in [5, 5.41) is 0. The van der Waals surface area contributed by atoms with Gasteiger partial charge >= 0.3 is 0 Å². The lowest BCUT2D eigenvalue weighted by Gasteiger charge is -2.28. The van der Waals surface area contributed by atoms with Crippen LogP contribution < -0.4 is 4.74 Å². The van der Waals surface area contributed by atoms with Crippen molar-refractivity contribution in [3.63, 3.8) is 0 Å². The lowest BCUT2D eigenvalue weighted by atomic mass is 9.77. The summed E-state index contributed by atoms with van der Waals surface area (Å²) in [7, 11) is 0. The average Bonchev–Trinajstić information content (AvgIpc) is 2.79. The molecule has 1 saturated carbocycles. The van der Waals surface area contributed by atoms with E-state index in [1.165, 1.54) is 62.6 Å². The Labute approximate surface area is 179 Å². The van der Waals surface area contributed by atoms with Crippen molar-refractivity contribution < 1.29 is 13.5 Å². The SMILES string of the molecule is CCCC[C@H]1CC[C@H](c2ccc(C#Cc3ccc(OCCC)c(F)c3F)cc2)CC1. The highest BCUT2D eigenvalue weighted by Crippen LogP contribution is 2.37. The molecule has 3 heteroatoms. The first-order valence-electron chi connectivity index (χ1n) is 11.3. The lowest BCUT2D eigenvalue weighted by molar-refractivity contribution is 0.295. The molecule has 0 bridgehead atoms. The molecule has 2 aromatic rings. The van der Waals surface area contributed by atoms with Gasteiger partial charge in [0.05, 0.1) is 12.2 Å². The summed E-state index contributed by atoms with van der Waals surface area (Å²) in [6.45, 7) is 4.53. The summed E-state index contributed by atoms with van der Waals surface area (Å²) in [6, 6.07) is 11.2. The van der Waals surface area contributed by atoms with E-state index in [0.29, 0.717) is 12.5 Å². The van der Waals surface area contributed by atoms with Crippen LogP contribution in [0.3, 0.4) is 0 Å². The number of halogens is 2. The van der Waals surface area contributed by atoms with E-state index in [1.807, 2.05) is 19.1 Å². The zero-order valence-corrected chi connectivity index (χ0v) is 18.1. The molecule has 0 spiro atoms. The first-order chi connectivity index (χ1) is 14.6. The molecule has 0 radical (unpaired) electrons. The van der Waals surface area contributed by atoms with Gasteiger partial charge in [-0.3, -0.25) is 0 Å². The highest BCUT2D eigenvalue weighted by molar-refractivity contribution is 5.46. The fourth-order valence-corrected chi connectivity index (χ4v) is 4.21. The molecule has 3 rings (SSSR count). The van der Waals surface area contributed by atoms with Gasteiger partial charge in [0.2, 0.25) is 5.82 Å². The largest absolute Gasteiger partial charge is 0.490 e. The van der Waals surface area contributed by atoms with Crippen LogP contribution in [0.2, 0.25) is 0 Å². The zero-order chi connectivity index (χ0) is 21.3. The second-order valence-corrected chi connectivity index (χ2v) is 8.32. The molecule has 0 aromatic heterocycles. The van der Waals surface area contributed by atoms with Crippen molar-refractivity contribution in [2.75, 3.05) is 6.61 Å². The summed E-state index contributed by atoms with van der Waals surface area (Å²) in [5.41, 5.74) is 2.22. The van der Waals surface area contributed by atoms with E-state index in [9.17, 15) is 8.78 Å². The van der Waals surface area contributed by atoms with Crippen molar-refractivity contribution in [1.29, 1.82) is 0 Å². The van der Waals surface area contributed by atoms with Crippen molar-refractivity contribution in [2.45, 2.75) is 71.1 Å². The van der Waals surface area contributed by atoms with Gasteiger partial charge < -0.3 is 4.74 Å². The maximum atomic E-state index is 14.3. The van der Waals surface area contributed by atoms with E-state index < -0.39 is 11.6 Å². The maximum Gasteiger partial charge on any atom is 0.201 e. The summed E-state index contributed by atoms with van der Waals surface area (Å²) in [5.74, 6) is 5.26. The Bertz CT molecular complexity index is 868. The topological polar surface area (TPSA) is 9.23 Å². The average molecular weight is 411 g/mol. The first kappa shape index (κ1) is 22.3. The highest BCUT2D eigenvalue weighted by atomic mass is 19.2. The molecular weight excluding hydrogens is 378 g/mol. The van der Waals surface area contributed by atoms with Gasteiger partial charge in [0.1, 0.15) is 0 Å². The van der Waals surface area contributed by atoms with Crippen molar-refractivity contribution in [1.82, 2.24) is 0 Å². The molecular formula is C27H32F2O. The Morgan fingerprint density at radius 3 is 2.27 bits per heavy atom. The van der Waals surface area contributed by atoms with Crippen LogP contribution in [-0.4, -0.2) is 6.61 Å². The molecule has 2 aromatic carbocycles. The minimum absolute atomic E-state index is 0.0471. The quantitative estimate of drug-likeness (QED) is 0.427. The van der Waals surface area contributed by atoms with Gasteiger partial charge in [-0.25, -0.2) is 4.39 Å². The van der Waals surface area contributed by atoms with Crippen LogP contribution in [0.15, 0.2) is 36.4 Å². The van der Waals surface area contributed by atoms with Crippen molar-refractivity contribution in [3.05, 3.63) is 64.7 Å². The summed E-state index contributed by atoms with van der Waals surface area (Å²) < 4.78 is 33.6. The third kappa shape index (κ3) is 5.85. The molecule has 0 heterocycles. The van der Waals surface area contributed by atoms with Crippen LogP contribution in [0.1, 0.15) is 87.8 Å². The molecule has 160 valence electrons. The van der Waals surface area contributed by atoms with Crippen LogP contribution in [0.25, 0.3) is 0 Å². The van der Waals surface area contributed by atoms with Gasteiger partial charge in [-0.1, -0.05) is 57.1 Å². The predicted octanol–water partition coefficient (Wildman–Crippen LogP) is 7.62. The number of hydrogen-bond acceptors (Lipinski definition) is 1. The molecule has 1 aliphatic rings. The third-order valence-corrected chi connectivity index (χ3v) is 6.04. The molecule has 30 heavy (non-hydrogen) atoms. The molecule has 1 aliphatic carbocycles. The van der Waals surface area contributed by atoms with E-state index in [1.54, 1.807) is 0 Å². The number of ether oxygens (including phenoxy) is 1. The fraction of sp³-hybridized carbons (Fsp3) is 0.481. The molecule has 1 fully saturated rings. The van der Waals surface area contributed by atoms with Crippen LogP contribution >= 0.6 is 0 Å². The van der Waals surface area contributed by atoms with Crippen LogP contribution in [0.5, 0.6) is 5.75 Å². The molecule has 0 unspecified atom stereocenters. The van der Waals surface area contributed by atoms with Crippen LogP contribution in [0.4, 0.5) is 8.78 Å². The Kier molecular flexibility index (Phi) is 8.31. The van der Waals surface area contributed by atoms with Crippen LogP contribution in [-0.2, 0) is 0 Å². The smallest absolute Gasteiger partial charge is 0.201 e. The minimum atomic E-state index is -0.972. The summed E-state index contributed by atoms with van der Waals surface area (Å²) >= 11 is 0. The maximum absolute atomic E-state index is 14.3. The Morgan fingerprint density at radius 2 is 1.60 bits per heavy atom. The molecule has 0 aliphatic heterocycles. The van der Waals surface area contributed by atoms with E-state index >= 15 is 0 Å². The highest BCUT2D eigenvalue weighted by Gasteiger charge is 2.21. The third-order valence-electron chi connectivity index (χ3n) is 6.04. The molecule has 0 N–H and O–H groups in total. The van der Waals surface area contributed by atoms with Gasteiger partial charge in [0.25, 0.3) is 0 Å². The molecule has 1 nitrogen and oxygen atoms in total. The van der Waals surface area contributed by atoms with Gasteiger partial charge in [0, 0.05) is 5.56 Å². The second-order valence-electron chi connectivity index (χ2n) is 8.32. The fourth-order valence-electron chi connectivity index (χ4n) is 4.21. The van der Waals surface area contributed by atoms with Gasteiger partial charge in [0.15, 0.2) is 11.6 Å². The van der Waals surface area contributed by atoms with Crippen molar-refractivity contribution in [2.24, 2.45) is 5.92 Å². The Hall–Kier alpha value is -2.34. The first-order valence-corrected chi connectivity index (χ1v) is 11.3. The molecule has 0 saturated heterocycles. The van der Waals surface area contributed by atoms with Crippen molar-refractivity contribution in [3.8, 4) is 17.6 Å². The lowest BCUT2D eigenvalue weighted by Crippen LogP contribution is -2.13. The zero-order valence-electron chi connectivity index (χ0n) is 18.1. The molecule has 0 atom stereocenters. The number of unbranched alkanes of at least 4 members (excludes halogenated alkanes) is 1. The standard InChI is InChI=1S/C27H32F2O/c1-3-5-6-20-7-12-22(13-8-20)23-14-9-21(10-15-23)11-16-24-17-18-25(30-19-4-2)27(29)26(24)28/h9-10,14-15,17-18,20,22H,3-8,12-13,19H2,1-2H3/t20-,22-. The number of hydrogen-bond donors (Lipinski definition) is 0. The second kappa shape index (κ2) is 11.2. The van der Waals surface area contributed by atoms with Crippen molar-refractivity contribution >= 4 is 0 Å². The predicted molar refractivity (Wildman–Crippen MR) is 119 cm³/mol. The van der Waals surface area contributed by atoms with Gasteiger partial charge in [-0.15, -0.1) is 0 Å². The normalized spacial score (nSPS) is 18.5. The Morgan fingerprint density at radius 1 is 0.867 bits per heavy atom. The number of benzene rings is 2. The summed E-state index contributed by atoms with van der Waals surface area (Å²) in [4.78, 5) is 0. The summed E-state index contributed by atoms with van der Waals surface area (Å²) in [6.07, 6.45) is 9.92. The molecule has 0 amide bonds. The Balaban J connectivity index is 1.62. The van der Waals surface area contributed by atoms with Gasteiger partial charge in [-0.05, 0) is 73.8 Å². The minimum Gasteiger partial charge on any atom is -0.490 e. The van der Waals surface area contributed by atoms with Crippen LogP contribution in [0, 0.1) is 29.4 Å². The van der Waals surface area contributed by atoms with E-state index in [4.69, 9.17) is 4.74 Å². The van der Waals surface area contributed by atoms with E-state index in [-0.39, 0.29) is 11.3 Å². The van der Waals surface area contributed by atoms with Gasteiger partial charge in [-0.2, -0.15) is 4.39 Å². The van der Waals surface area contributed by atoms with E-state index in [2.05, 4.69) is 30.9 Å². The number of rotatable bonds is 7. The monoisotopic (exact) mass is 410 g/mol. The van der Waals surface area contributed by atoms with E-state index in [0.717, 1.165) is 17.9 Å².